The Morgan fingerprint density at radius 2 is 1.55 bits per heavy atom. The Labute approximate surface area is 122 Å². The van der Waals surface area contributed by atoms with Gasteiger partial charge < -0.3 is 14.6 Å². The van der Waals surface area contributed by atoms with E-state index in [0.29, 0.717) is 19.8 Å². The lowest BCUT2D eigenvalue weighted by Crippen LogP contribution is -2.34. The second kappa shape index (κ2) is 10.8. The molecule has 0 aromatic heterocycles. The summed E-state index contributed by atoms with van der Waals surface area (Å²) in [5.41, 5.74) is 0.949. The minimum atomic E-state index is -0.473. The number of hydrogen-bond donors (Lipinski definition) is 1. The largest absolute Gasteiger partial charge is 0.387 e. The van der Waals surface area contributed by atoms with Gasteiger partial charge in [0.15, 0.2) is 0 Å². The van der Waals surface area contributed by atoms with Crippen molar-refractivity contribution in [2.75, 3.05) is 46.1 Å². The van der Waals surface area contributed by atoms with Gasteiger partial charge in [-0.3, -0.25) is 4.90 Å². The molecule has 0 saturated heterocycles. The van der Waals surface area contributed by atoms with Crippen LogP contribution in [0.4, 0.5) is 0 Å². The Hall–Kier alpha value is -0.940. The first kappa shape index (κ1) is 17.1. The minimum Gasteiger partial charge on any atom is -0.387 e. The molecule has 0 spiro atoms. The molecule has 4 heteroatoms. The topological polar surface area (TPSA) is 41.9 Å². The quantitative estimate of drug-likeness (QED) is 0.631. The summed E-state index contributed by atoms with van der Waals surface area (Å²) >= 11 is 0. The molecular formula is C16H27NO3. The van der Waals surface area contributed by atoms with Crippen molar-refractivity contribution in [1.82, 2.24) is 4.90 Å². The first-order valence-corrected chi connectivity index (χ1v) is 7.38. The zero-order chi connectivity index (χ0) is 14.6. The number of aliphatic hydroxyl groups excluding tert-OH is 1. The molecule has 114 valence electrons. The molecule has 0 heterocycles. The molecule has 1 rings (SSSR count). The Morgan fingerprint density at radius 1 is 1.00 bits per heavy atom. The zero-order valence-corrected chi connectivity index (χ0v) is 12.6. The number of rotatable bonds is 11. The Morgan fingerprint density at radius 3 is 2.05 bits per heavy atom. The number of benzene rings is 1. The fraction of sp³-hybridized carbons (Fsp3) is 0.625. The van der Waals surface area contributed by atoms with Crippen molar-refractivity contribution in [2.45, 2.75) is 20.0 Å². The van der Waals surface area contributed by atoms with E-state index in [4.69, 9.17) is 9.47 Å². The fourth-order valence-electron chi connectivity index (χ4n) is 2.00. The van der Waals surface area contributed by atoms with Gasteiger partial charge in [-0.25, -0.2) is 0 Å². The molecule has 0 aliphatic carbocycles. The lowest BCUT2D eigenvalue weighted by atomic mass is 10.1. The molecule has 1 N–H and O–H groups in total. The summed E-state index contributed by atoms with van der Waals surface area (Å²) in [4.78, 5) is 2.18. The maximum Gasteiger partial charge on any atom is 0.0916 e. The molecule has 0 radical (unpaired) electrons. The van der Waals surface area contributed by atoms with Gasteiger partial charge in [0.05, 0.1) is 19.3 Å². The van der Waals surface area contributed by atoms with E-state index in [0.717, 1.165) is 31.9 Å². The maximum absolute atomic E-state index is 10.3. The second-order valence-electron chi connectivity index (χ2n) is 4.62. The third-order valence-electron chi connectivity index (χ3n) is 3.13. The molecule has 1 aromatic carbocycles. The fourth-order valence-corrected chi connectivity index (χ4v) is 2.00. The van der Waals surface area contributed by atoms with Crippen molar-refractivity contribution in [3.63, 3.8) is 0 Å². The molecule has 20 heavy (non-hydrogen) atoms. The summed E-state index contributed by atoms with van der Waals surface area (Å²) in [5, 5.41) is 10.3. The lowest BCUT2D eigenvalue weighted by molar-refractivity contribution is 0.0533. The van der Waals surface area contributed by atoms with Gasteiger partial charge in [-0.15, -0.1) is 0 Å². The number of aliphatic hydroxyl groups is 1. The smallest absolute Gasteiger partial charge is 0.0916 e. The van der Waals surface area contributed by atoms with Gasteiger partial charge >= 0.3 is 0 Å². The van der Waals surface area contributed by atoms with Crippen molar-refractivity contribution in [3.8, 4) is 0 Å². The van der Waals surface area contributed by atoms with E-state index in [-0.39, 0.29) is 0 Å². The lowest BCUT2D eigenvalue weighted by Gasteiger charge is -2.25. The van der Waals surface area contributed by atoms with Crippen LogP contribution in [-0.4, -0.2) is 56.1 Å². The molecule has 1 atom stereocenters. The molecule has 4 nitrogen and oxygen atoms in total. The maximum atomic E-state index is 10.3. The van der Waals surface area contributed by atoms with Crippen LogP contribution < -0.4 is 0 Å². The third kappa shape index (κ3) is 7.01. The summed E-state index contributed by atoms with van der Waals surface area (Å²) in [6.07, 6.45) is -0.473. The van der Waals surface area contributed by atoms with Crippen molar-refractivity contribution in [1.29, 1.82) is 0 Å². The average Bonchev–Trinajstić information content (AvgIpc) is 2.48. The van der Waals surface area contributed by atoms with Crippen LogP contribution in [0.3, 0.4) is 0 Å². The standard InChI is InChI=1S/C16H27NO3/c1-3-19-12-10-17(11-13-20-4-2)14-16(18)15-8-6-5-7-9-15/h5-9,16,18H,3-4,10-14H2,1-2H3. The predicted molar refractivity (Wildman–Crippen MR) is 80.8 cm³/mol. The zero-order valence-electron chi connectivity index (χ0n) is 12.6. The Balaban J connectivity index is 2.44. The molecule has 1 aromatic rings. The Bertz CT molecular complexity index is 322. The molecule has 0 fully saturated rings. The minimum absolute atomic E-state index is 0.473. The molecule has 0 amide bonds. The van der Waals surface area contributed by atoms with Crippen LogP contribution in [0.1, 0.15) is 25.5 Å². The third-order valence-corrected chi connectivity index (χ3v) is 3.13. The van der Waals surface area contributed by atoms with Gasteiger partial charge in [0.1, 0.15) is 0 Å². The normalized spacial score (nSPS) is 12.8. The highest BCUT2D eigenvalue weighted by atomic mass is 16.5. The van der Waals surface area contributed by atoms with Crippen molar-refractivity contribution in [3.05, 3.63) is 35.9 Å². The second-order valence-corrected chi connectivity index (χ2v) is 4.62. The first-order valence-electron chi connectivity index (χ1n) is 7.38. The van der Waals surface area contributed by atoms with Crippen LogP contribution in [0.15, 0.2) is 30.3 Å². The van der Waals surface area contributed by atoms with Crippen LogP contribution in [0, 0.1) is 0 Å². The van der Waals surface area contributed by atoms with Gasteiger partial charge in [-0.1, -0.05) is 30.3 Å². The van der Waals surface area contributed by atoms with Gasteiger partial charge in [-0.2, -0.15) is 0 Å². The summed E-state index contributed by atoms with van der Waals surface area (Å²) < 4.78 is 10.8. The Kier molecular flexibility index (Phi) is 9.24. The highest BCUT2D eigenvalue weighted by molar-refractivity contribution is 5.17. The van der Waals surface area contributed by atoms with E-state index in [2.05, 4.69) is 4.90 Å². The van der Waals surface area contributed by atoms with Crippen LogP contribution in [-0.2, 0) is 9.47 Å². The first-order chi connectivity index (χ1) is 9.77. The summed E-state index contributed by atoms with van der Waals surface area (Å²) in [7, 11) is 0. The molecule has 1 unspecified atom stereocenters. The van der Waals surface area contributed by atoms with E-state index >= 15 is 0 Å². The van der Waals surface area contributed by atoms with E-state index in [1.54, 1.807) is 0 Å². The van der Waals surface area contributed by atoms with Crippen molar-refractivity contribution >= 4 is 0 Å². The van der Waals surface area contributed by atoms with Crippen molar-refractivity contribution < 1.29 is 14.6 Å². The highest BCUT2D eigenvalue weighted by Gasteiger charge is 2.13. The molecule has 0 bridgehead atoms. The van der Waals surface area contributed by atoms with E-state index in [1.165, 1.54) is 0 Å². The predicted octanol–water partition coefficient (Wildman–Crippen LogP) is 2.09. The molecule has 0 aliphatic rings. The summed E-state index contributed by atoms with van der Waals surface area (Å²) in [6.45, 7) is 9.02. The van der Waals surface area contributed by atoms with Gasteiger partial charge in [0, 0.05) is 32.8 Å². The van der Waals surface area contributed by atoms with Crippen LogP contribution in [0.25, 0.3) is 0 Å². The van der Waals surface area contributed by atoms with Crippen molar-refractivity contribution in [2.24, 2.45) is 0 Å². The number of ether oxygens (including phenoxy) is 2. The van der Waals surface area contributed by atoms with Crippen LogP contribution in [0.5, 0.6) is 0 Å². The van der Waals surface area contributed by atoms with E-state index < -0.39 is 6.10 Å². The van der Waals surface area contributed by atoms with Crippen LogP contribution in [0.2, 0.25) is 0 Å². The van der Waals surface area contributed by atoms with Crippen LogP contribution >= 0.6 is 0 Å². The molecule has 0 aliphatic heterocycles. The molecule has 0 saturated carbocycles. The monoisotopic (exact) mass is 281 g/mol. The highest BCUT2D eigenvalue weighted by Crippen LogP contribution is 2.13. The van der Waals surface area contributed by atoms with Gasteiger partial charge in [-0.05, 0) is 19.4 Å². The SMILES string of the molecule is CCOCCN(CCOCC)CC(O)c1ccccc1. The van der Waals surface area contributed by atoms with Gasteiger partial charge in [0.25, 0.3) is 0 Å². The number of hydrogen-bond acceptors (Lipinski definition) is 4. The van der Waals surface area contributed by atoms with E-state index in [1.807, 2.05) is 44.2 Å². The van der Waals surface area contributed by atoms with E-state index in [9.17, 15) is 5.11 Å². The molecular weight excluding hydrogens is 254 g/mol. The van der Waals surface area contributed by atoms with Gasteiger partial charge in [0.2, 0.25) is 0 Å². The number of nitrogens with zero attached hydrogens (tertiary/aromatic N) is 1. The summed E-state index contributed by atoms with van der Waals surface area (Å²) in [6, 6.07) is 9.76. The summed E-state index contributed by atoms with van der Waals surface area (Å²) in [5.74, 6) is 0. The average molecular weight is 281 g/mol.